The summed E-state index contributed by atoms with van der Waals surface area (Å²) in [4.78, 5) is 34.8. The van der Waals surface area contributed by atoms with Gasteiger partial charge in [0.2, 0.25) is 0 Å². The number of rotatable bonds is 6. The molecular formula is C15H17N5O4. The number of ketones is 1. The Morgan fingerprint density at radius 2 is 2.17 bits per heavy atom. The maximum Gasteiger partial charge on any atom is 0.379 e. The lowest BCUT2D eigenvalue weighted by Crippen LogP contribution is -2.30. The molecule has 2 rings (SSSR count). The van der Waals surface area contributed by atoms with Gasteiger partial charge in [-0.2, -0.15) is 0 Å². The number of esters is 1. The number of carbonyl (C=O) groups excluding carboxylic acids is 2. The third-order valence-electron chi connectivity index (χ3n) is 3.14. The maximum absolute atomic E-state index is 12.2. The van der Waals surface area contributed by atoms with Crippen LogP contribution in [0.2, 0.25) is 0 Å². The van der Waals surface area contributed by atoms with E-state index in [1.165, 1.54) is 30.9 Å². The average Bonchev–Trinajstić information content (AvgIpc) is 3.02. The molecule has 9 heteroatoms. The second-order valence-electron chi connectivity index (χ2n) is 4.81. The van der Waals surface area contributed by atoms with Crippen LogP contribution in [0.3, 0.4) is 0 Å². The molecule has 126 valence electrons. The van der Waals surface area contributed by atoms with Crippen LogP contribution in [0.1, 0.15) is 17.3 Å². The highest BCUT2D eigenvalue weighted by Gasteiger charge is 2.25. The van der Waals surface area contributed by atoms with Gasteiger partial charge in [0.05, 0.1) is 36.9 Å². The Morgan fingerprint density at radius 3 is 2.75 bits per heavy atom. The van der Waals surface area contributed by atoms with Crippen LogP contribution < -0.4 is 15.6 Å². The molecule has 0 saturated carbocycles. The zero-order valence-corrected chi connectivity index (χ0v) is 13.5. The van der Waals surface area contributed by atoms with Gasteiger partial charge in [-0.25, -0.2) is 25.6 Å². The van der Waals surface area contributed by atoms with E-state index < -0.39 is 11.8 Å². The third-order valence-corrected chi connectivity index (χ3v) is 3.14. The number of hydrogen-bond donors (Lipinski definition) is 2. The van der Waals surface area contributed by atoms with Crippen molar-refractivity contribution >= 4 is 34.8 Å². The molecule has 0 atom stereocenters. The first-order valence-corrected chi connectivity index (χ1v) is 6.81. The number of nitrogens with two attached hydrogens (primary N) is 1. The number of fused-ring (bicyclic) bond motifs is 1. The number of Topliss-reactive ketones (excluding diaryl/α,β-unsaturated/α-hetero) is 1. The molecule has 0 spiro atoms. The molecule has 24 heavy (non-hydrogen) atoms. The fourth-order valence-corrected chi connectivity index (χ4v) is 2.05. The van der Waals surface area contributed by atoms with Gasteiger partial charge >= 0.3 is 5.97 Å². The Kier molecular flexibility index (Phi) is 4.95. The summed E-state index contributed by atoms with van der Waals surface area (Å²) in [6.07, 6.45) is 4.11. The van der Waals surface area contributed by atoms with Gasteiger partial charge in [0, 0.05) is 11.9 Å². The van der Waals surface area contributed by atoms with Crippen molar-refractivity contribution in [3.05, 3.63) is 30.2 Å². The minimum atomic E-state index is -0.982. The van der Waals surface area contributed by atoms with E-state index in [2.05, 4.69) is 26.3 Å². The van der Waals surface area contributed by atoms with Crippen LogP contribution in [-0.2, 0) is 9.53 Å². The van der Waals surface area contributed by atoms with Gasteiger partial charge in [-0.15, -0.1) is 0 Å². The highest BCUT2D eigenvalue weighted by Crippen LogP contribution is 2.33. The number of aromatic amines is 1. The summed E-state index contributed by atoms with van der Waals surface area (Å²) in [5.41, 5.74) is 1.07. The summed E-state index contributed by atoms with van der Waals surface area (Å²) in [7, 11) is 2.56. The fraction of sp³-hybridized carbons (Fsp3) is 0.200. The zero-order chi connectivity index (χ0) is 17.9. The largest absolute Gasteiger partial charge is 0.494 e. The molecule has 3 N–H and O–H groups in total. The summed E-state index contributed by atoms with van der Waals surface area (Å²) >= 11 is 0. The van der Waals surface area contributed by atoms with Crippen LogP contribution in [0.4, 0.5) is 5.82 Å². The monoisotopic (exact) mass is 331 g/mol. The van der Waals surface area contributed by atoms with Crippen molar-refractivity contribution in [1.82, 2.24) is 9.97 Å². The molecule has 0 aliphatic heterocycles. The van der Waals surface area contributed by atoms with E-state index in [1.54, 1.807) is 6.92 Å². The first kappa shape index (κ1) is 17.2. The minimum Gasteiger partial charge on any atom is -0.494 e. The molecule has 2 aromatic heterocycles. The molecule has 0 aromatic carbocycles. The number of hydrazine groups is 1. The molecule has 0 saturated heterocycles. The number of aromatic nitrogens is 2. The number of nitrogens with zero attached hydrogens (tertiary/aromatic N) is 3. The highest BCUT2D eigenvalue weighted by molar-refractivity contribution is 6.43. The first-order valence-electron chi connectivity index (χ1n) is 6.81. The van der Waals surface area contributed by atoms with Crippen LogP contribution in [0, 0.1) is 0 Å². The Labute approximate surface area is 137 Å². The highest BCUT2D eigenvalue weighted by atomic mass is 16.5. The number of carbonyl (C=O) groups is 2. The van der Waals surface area contributed by atoms with Crippen molar-refractivity contribution in [3.8, 4) is 5.75 Å². The van der Waals surface area contributed by atoms with Gasteiger partial charge in [0.15, 0.2) is 5.82 Å². The van der Waals surface area contributed by atoms with E-state index in [0.29, 0.717) is 28.2 Å². The topological polar surface area (TPSA) is 123 Å². The summed E-state index contributed by atoms with van der Waals surface area (Å²) < 4.78 is 9.71. The number of allylic oxidation sites excluding steroid dienone is 1. The molecular weight excluding hydrogens is 314 g/mol. The lowest BCUT2D eigenvalue weighted by Gasteiger charge is -2.14. The lowest BCUT2D eigenvalue weighted by molar-refractivity contribution is -0.135. The minimum absolute atomic E-state index is 0.0996. The summed E-state index contributed by atoms with van der Waals surface area (Å²) in [5.74, 6) is 4.73. The number of methoxy groups -OCH3 is 2. The summed E-state index contributed by atoms with van der Waals surface area (Å²) in [6.45, 7) is 5.35. The van der Waals surface area contributed by atoms with Gasteiger partial charge in [-0.05, 0) is 6.92 Å². The number of hydrogen-bond acceptors (Lipinski definition) is 7. The van der Waals surface area contributed by atoms with E-state index in [4.69, 9.17) is 10.6 Å². The first-order chi connectivity index (χ1) is 11.4. The predicted octanol–water partition coefficient (Wildman–Crippen LogP) is 1.17. The van der Waals surface area contributed by atoms with Crippen LogP contribution >= 0.6 is 0 Å². The van der Waals surface area contributed by atoms with Crippen molar-refractivity contribution < 1.29 is 19.1 Å². The van der Waals surface area contributed by atoms with Gasteiger partial charge < -0.3 is 14.5 Å². The van der Waals surface area contributed by atoms with Crippen molar-refractivity contribution in [2.45, 2.75) is 6.92 Å². The number of ether oxygens (including phenoxy) is 2. The molecule has 0 radical (unpaired) electrons. The van der Waals surface area contributed by atoms with Crippen molar-refractivity contribution in [2.24, 2.45) is 10.8 Å². The SMILES string of the molecule is C=C(C)N=CN(N)c1ncc(OC)c2c(C(=O)C(=O)OC)c[nH]c12. The van der Waals surface area contributed by atoms with E-state index in [-0.39, 0.29) is 5.56 Å². The quantitative estimate of drug-likeness (QED) is 0.155. The van der Waals surface area contributed by atoms with Crippen molar-refractivity contribution in [3.63, 3.8) is 0 Å². The van der Waals surface area contributed by atoms with E-state index >= 15 is 0 Å². The zero-order valence-electron chi connectivity index (χ0n) is 13.5. The van der Waals surface area contributed by atoms with Crippen LogP contribution in [0.5, 0.6) is 5.75 Å². The summed E-state index contributed by atoms with van der Waals surface area (Å²) in [6, 6.07) is 0. The van der Waals surface area contributed by atoms with Crippen LogP contribution in [-0.4, -0.2) is 42.3 Å². The molecule has 0 aliphatic carbocycles. The van der Waals surface area contributed by atoms with Crippen molar-refractivity contribution in [1.29, 1.82) is 0 Å². The summed E-state index contributed by atoms with van der Waals surface area (Å²) in [5, 5.41) is 1.54. The van der Waals surface area contributed by atoms with Crippen LogP contribution in [0.15, 0.2) is 29.7 Å². The van der Waals surface area contributed by atoms with Gasteiger partial charge in [-0.3, -0.25) is 4.79 Å². The van der Waals surface area contributed by atoms with Gasteiger partial charge in [0.25, 0.3) is 5.78 Å². The number of H-pyrrole nitrogens is 1. The fourth-order valence-electron chi connectivity index (χ4n) is 2.05. The molecule has 0 fully saturated rings. The number of anilines is 1. The second-order valence-corrected chi connectivity index (χ2v) is 4.81. The lowest BCUT2D eigenvalue weighted by atomic mass is 10.1. The number of pyridine rings is 1. The Bertz CT molecular complexity index is 840. The Hall–Kier alpha value is -3.20. The number of nitrogens with one attached hydrogen (secondary N) is 1. The maximum atomic E-state index is 12.2. The predicted molar refractivity (Wildman–Crippen MR) is 89.0 cm³/mol. The third kappa shape index (κ3) is 3.10. The van der Waals surface area contributed by atoms with Gasteiger partial charge in [0.1, 0.15) is 12.1 Å². The number of aliphatic imine (C=N–C) groups is 1. The second kappa shape index (κ2) is 6.92. The van der Waals surface area contributed by atoms with Crippen molar-refractivity contribution in [2.75, 3.05) is 19.2 Å². The molecule has 2 aromatic rings. The van der Waals surface area contributed by atoms with E-state index in [0.717, 1.165) is 7.11 Å². The standard InChI is InChI=1S/C15H17N5O4/c1-8(2)19-7-20(16)14-12-11(10(23-3)6-18-14)9(5-17-12)13(21)15(22)24-4/h5-7,17H,1,16H2,2-4H3. The average molecular weight is 331 g/mol. The Morgan fingerprint density at radius 1 is 1.46 bits per heavy atom. The molecule has 0 unspecified atom stereocenters. The molecule has 0 bridgehead atoms. The van der Waals surface area contributed by atoms with Gasteiger partial charge in [-0.1, -0.05) is 6.58 Å². The van der Waals surface area contributed by atoms with Crippen LogP contribution in [0.25, 0.3) is 10.9 Å². The van der Waals surface area contributed by atoms with E-state index in [9.17, 15) is 9.59 Å². The smallest absolute Gasteiger partial charge is 0.379 e. The molecule has 0 amide bonds. The molecule has 9 nitrogen and oxygen atoms in total. The molecule has 0 aliphatic rings. The normalized spacial score (nSPS) is 10.8. The Balaban J connectivity index is 2.62. The molecule has 2 heterocycles. The van der Waals surface area contributed by atoms with E-state index in [1.807, 2.05) is 0 Å².